The van der Waals surface area contributed by atoms with E-state index >= 15 is 0 Å². The Morgan fingerprint density at radius 1 is 1.29 bits per heavy atom. The van der Waals surface area contributed by atoms with Crippen molar-refractivity contribution in [3.8, 4) is 11.3 Å². The van der Waals surface area contributed by atoms with Gasteiger partial charge in [-0.1, -0.05) is 41.9 Å². The Bertz CT molecular complexity index is 524. The fourth-order valence-electron chi connectivity index (χ4n) is 1.78. The monoisotopic (exact) mass is 293 g/mol. The molecule has 0 atom stereocenters. The molecule has 0 bridgehead atoms. The van der Waals surface area contributed by atoms with Gasteiger partial charge in [-0.05, 0) is 17.5 Å². The van der Waals surface area contributed by atoms with Crippen molar-refractivity contribution in [2.45, 2.75) is 19.8 Å². The van der Waals surface area contributed by atoms with Crippen LogP contribution in [0.4, 0.5) is 5.82 Å². The predicted octanol–water partition coefficient (Wildman–Crippen LogP) is 3.56. The third-order valence-corrected chi connectivity index (χ3v) is 3.52. The molecule has 0 unspecified atom stereocenters. The van der Waals surface area contributed by atoms with E-state index in [1.165, 1.54) is 5.56 Å². The number of benzene rings is 1. The van der Waals surface area contributed by atoms with Crippen LogP contribution >= 0.6 is 15.9 Å². The molecule has 3 nitrogen and oxygen atoms in total. The number of aryl methyl sites for hydroxylation is 1. The van der Waals surface area contributed by atoms with Crippen molar-refractivity contribution in [1.29, 1.82) is 0 Å². The number of nitrogen functional groups attached to an aromatic ring is 1. The number of hydrogen-bond donors (Lipinski definition) is 1. The van der Waals surface area contributed by atoms with E-state index in [0.717, 1.165) is 15.7 Å². The standard InChI is InChI=1S/C13H16BrN3/c1-8(2)10-5-4-9(6-11(10)14)12-7-13(15)17(3)16-12/h4-8H,15H2,1-3H3. The van der Waals surface area contributed by atoms with Crippen LogP contribution in [-0.4, -0.2) is 9.78 Å². The molecule has 17 heavy (non-hydrogen) atoms. The van der Waals surface area contributed by atoms with E-state index in [9.17, 15) is 0 Å². The fraction of sp³-hybridized carbons (Fsp3) is 0.308. The fourth-order valence-corrected chi connectivity index (χ4v) is 2.61. The zero-order chi connectivity index (χ0) is 12.6. The summed E-state index contributed by atoms with van der Waals surface area (Å²) in [7, 11) is 1.84. The molecule has 0 spiro atoms. The maximum absolute atomic E-state index is 5.78. The first kappa shape index (κ1) is 12.2. The highest BCUT2D eigenvalue weighted by Crippen LogP contribution is 2.29. The van der Waals surface area contributed by atoms with Crippen molar-refractivity contribution >= 4 is 21.7 Å². The molecule has 2 N–H and O–H groups in total. The van der Waals surface area contributed by atoms with Crippen LogP contribution < -0.4 is 5.73 Å². The first-order valence-corrected chi connectivity index (χ1v) is 6.37. The molecule has 0 aliphatic heterocycles. The Kier molecular flexibility index (Phi) is 3.24. The van der Waals surface area contributed by atoms with E-state index in [1.807, 2.05) is 13.1 Å². The summed E-state index contributed by atoms with van der Waals surface area (Å²) in [6.45, 7) is 4.36. The minimum atomic E-state index is 0.507. The molecule has 0 radical (unpaired) electrons. The van der Waals surface area contributed by atoms with E-state index in [4.69, 9.17) is 5.73 Å². The highest BCUT2D eigenvalue weighted by molar-refractivity contribution is 9.10. The van der Waals surface area contributed by atoms with E-state index < -0.39 is 0 Å². The molecule has 1 aromatic carbocycles. The summed E-state index contributed by atoms with van der Waals surface area (Å²) in [5.74, 6) is 1.18. The molecule has 0 aliphatic rings. The molecule has 0 saturated carbocycles. The largest absolute Gasteiger partial charge is 0.384 e. The van der Waals surface area contributed by atoms with Gasteiger partial charge in [0.05, 0.1) is 5.69 Å². The summed E-state index contributed by atoms with van der Waals surface area (Å²) >= 11 is 3.60. The zero-order valence-electron chi connectivity index (χ0n) is 10.2. The first-order chi connectivity index (χ1) is 7.99. The van der Waals surface area contributed by atoms with Crippen LogP contribution in [0.25, 0.3) is 11.3 Å². The van der Waals surface area contributed by atoms with Gasteiger partial charge in [0.25, 0.3) is 0 Å². The minimum Gasteiger partial charge on any atom is -0.384 e. The molecular formula is C13H16BrN3. The third-order valence-electron chi connectivity index (χ3n) is 2.83. The third kappa shape index (κ3) is 2.36. The van der Waals surface area contributed by atoms with E-state index in [2.05, 4.69) is 53.1 Å². The Labute approximate surface area is 110 Å². The smallest absolute Gasteiger partial charge is 0.121 e. The molecular weight excluding hydrogens is 278 g/mol. The Morgan fingerprint density at radius 3 is 2.47 bits per heavy atom. The van der Waals surface area contributed by atoms with Crippen molar-refractivity contribution in [3.63, 3.8) is 0 Å². The molecule has 2 rings (SSSR count). The highest BCUT2D eigenvalue weighted by atomic mass is 79.9. The van der Waals surface area contributed by atoms with Crippen LogP contribution in [0.5, 0.6) is 0 Å². The first-order valence-electron chi connectivity index (χ1n) is 5.58. The van der Waals surface area contributed by atoms with Gasteiger partial charge < -0.3 is 5.73 Å². The molecule has 90 valence electrons. The second kappa shape index (κ2) is 4.53. The SMILES string of the molecule is CC(C)c1ccc(-c2cc(N)n(C)n2)cc1Br. The van der Waals surface area contributed by atoms with Crippen LogP contribution in [0.1, 0.15) is 25.3 Å². The van der Waals surface area contributed by atoms with Gasteiger partial charge in [-0.3, -0.25) is 4.68 Å². The maximum atomic E-state index is 5.78. The summed E-state index contributed by atoms with van der Waals surface area (Å²) in [5, 5.41) is 4.37. The number of anilines is 1. The van der Waals surface area contributed by atoms with Gasteiger partial charge in [0.15, 0.2) is 0 Å². The average molecular weight is 294 g/mol. The second-order valence-electron chi connectivity index (χ2n) is 4.47. The number of hydrogen-bond acceptors (Lipinski definition) is 2. The lowest BCUT2D eigenvalue weighted by molar-refractivity contribution is 0.782. The predicted molar refractivity (Wildman–Crippen MR) is 74.8 cm³/mol. The van der Waals surface area contributed by atoms with Gasteiger partial charge >= 0.3 is 0 Å². The van der Waals surface area contributed by atoms with E-state index in [0.29, 0.717) is 11.7 Å². The van der Waals surface area contributed by atoms with Crippen LogP contribution in [0, 0.1) is 0 Å². The minimum absolute atomic E-state index is 0.507. The lowest BCUT2D eigenvalue weighted by Gasteiger charge is -2.09. The van der Waals surface area contributed by atoms with Crippen LogP contribution in [0.15, 0.2) is 28.7 Å². The van der Waals surface area contributed by atoms with Gasteiger partial charge in [-0.15, -0.1) is 0 Å². The second-order valence-corrected chi connectivity index (χ2v) is 5.32. The molecule has 1 aromatic heterocycles. The zero-order valence-corrected chi connectivity index (χ0v) is 11.8. The van der Waals surface area contributed by atoms with Crippen molar-refractivity contribution in [2.24, 2.45) is 7.05 Å². The average Bonchev–Trinajstić information content (AvgIpc) is 2.58. The van der Waals surface area contributed by atoms with Gasteiger partial charge in [-0.25, -0.2) is 0 Å². The Hall–Kier alpha value is -1.29. The van der Waals surface area contributed by atoms with Crippen LogP contribution in [-0.2, 0) is 7.05 Å². The molecule has 0 aliphatic carbocycles. The lowest BCUT2D eigenvalue weighted by atomic mass is 10.0. The van der Waals surface area contributed by atoms with Crippen molar-refractivity contribution in [1.82, 2.24) is 9.78 Å². The highest BCUT2D eigenvalue weighted by Gasteiger charge is 2.09. The van der Waals surface area contributed by atoms with Crippen LogP contribution in [0.2, 0.25) is 0 Å². The van der Waals surface area contributed by atoms with Crippen LogP contribution in [0.3, 0.4) is 0 Å². The summed E-state index contributed by atoms with van der Waals surface area (Å²) in [6.07, 6.45) is 0. The normalized spacial score (nSPS) is 11.1. The summed E-state index contributed by atoms with van der Waals surface area (Å²) < 4.78 is 2.80. The topological polar surface area (TPSA) is 43.8 Å². The number of nitrogens with zero attached hydrogens (tertiary/aromatic N) is 2. The summed E-state index contributed by atoms with van der Waals surface area (Å²) in [4.78, 5) is 0. The van der Waals surface area contributed by atoms with Gasteiger partial charge in [-0.2, -0.15) is 5.10 Å². The van der Waals surface area contributed by atoms with Gasteiger partial charge in [0.2, 0.25) is 0 Å². The van der Waals surface area contributed by atoms with E-state index in [-0.39, 0.29) is 0 Å². The Balaban J connectivity index is 2.44. The molecule has 0 saturated heterocycles. The van der Waals surface area contributed by atoms with Gasteiger partial charge in [0.1, 0.15) is 5.82 Å². The van der Waals surface area contributed by atoms with Crippen molar-refractivity contribution in [2.75, 3.05) is 5.73 Å². The molecule has 1 heterocycles. The number of rotatable bonds is 2. The lowest BCUT2D eigenvalue weighted by Crippen LogP contribution is -1.96. The maximum Gasteiger partial charge on any atom is 0.121 e. The summed E-state index contributed by atoms with van der Waals surface area (Å²) in [5.41, 5.74) is 9.07. The summed E-state index contributed by atoms with van der Waals surface area (Å²) in [6, 6.07) is 8.20. The number of halogens is 1. The molecule has 0 amide bonds. The molecule has 4 heteroatoms. The number of aromatic nitrogens is 2. The number of nitrogens with two attached hydrogens (primary N) is 1. The van der Waals surface area contributed by atoms with Crippen molar-refractivity contribution in [3.05, 3.63) is 34.3 Å². The van der Waals surface area contributed by atoms with Crippen molar-refractivity contribution < 1.29 is 0 Å². The quantitative estimate of drug-likeness (QED) is 0.920. The molecule has 2 aromatic rings. The Morgan fingerprint density at radius 2 is 2.00 bits per heavy atom. The van der Waals surface area contributed by atoms with E-state index in [1.54, 1.807) is 4.68 Å². The molecule has 0 fully saturated rings. The van der Waals surface area contributed by atoms with Gasteiger partial charge in [0, 0.05) is 23.2 Å².